The molecule has 4 nitrogen and oxygen atoms in total. The fourth-order valence-electron chi connectivity index (χ4n) is 2.15. The van der Waals surface area contributed by atoms with Gasteiger partial charge in [0.1, 0.15) is 0 Å². The van der Waals surface area contributed by atoms with Crippen molar-refractivity contribution in [2.75, 3.05) is 18.2 Å². The molecule has 0 saturated carbocycles. The van der Waals surface area contributed by atoms with Crippen LogP contribution in [-0.4, -0.2) is 24.6 Å². The second-order valence-corrected chi connectivity index (χ2v) is 6.10. The summed E-state index contributed by atoms with van der Waals surface area (Å²) in [6.45, 7) is 1.46. The van der Waals surface area contributed by atoms with Crippen LogP contribution in [0.25, 0.3) is 0 Å². The average molecular weight is 347 g/mol. The molecule has 1 amide bonds. The van der Waals surface area contributed by atoms with Gasteiger partial charge in [0.05, 0.1) is 18.6 Å². The molecule has 2 aromatic carbocycles. The van der Waals surface area contributed by atoms with E-state index < -0.39 is 5.82 Å². The van der Waals surface area contributed by atoms with Gasteiger partial charge in [-0.05, 0) is 36.8 Å². The maximum atomic E-state index is 13.6. The Balaban J connectivity index is 1.88. The number of hydrogen-bond donors (Lipinski definition) is 1. The lowest BCUT2D eigenvalue weighted by atomic mass is 10.1. The van der Waals surface area contributed by atoms with Crippen molar-refractivity contribution in [1.82, 2.24) is 0 Å². The fraction of sp³-hybridized carbons (Fsp3) is 0.222. The molecular formula is C18H18FNO3S. The summed E-state index contributed by atoms with van der Waals surface area (Å²) >= 11 is 1.37. The normalized spacial score (nSPS) is 10.3. The summed E-state index contributed by atoms with van der Waals surface area (Å²) in [6, 6.07) is 11.6. The number of amides is 1. The van der Waals surface area contributed by atoms with Crippen molar-refractivity contribution in [3.63, 3.8) is 0 Å². The number of anilines is 1. The minimum absolute atomic E-state index is 0.104. The summed E-state index contributed by atoms with van der Waals surface area (Å²) in [5.74, 6) is 0.176. The van der Waals surface area contributed by atoms with E-state index >= 15 is 0 Å². The SMILES string of the molecule is COc1ccc(CSCC(=O)Nc2ccccc2C(C)=O)cc1F. The van der Waals surface area contributed by atoms with Crippen molar-refractivity contribution in [3.8, 4) is 5.75 Å². The maximum absolute atomic E-state index is 13.6. The number of methoxy groups -OCH3 is 1. The van der Waals surface area contributed by atoms with Gasteiger partial charge in [0.25, 0.3) is 0 Å². The molecule has 2 rings (SSSR count). The third-order valence-electron chi connectivity index (χ3n) is 3.30. The Morgan fingerprint density at radius 3 is 2.62 bits per heavy atom. The number of nitrogens with one attached hydrogen (secondary N) is 1. The smallest absolute Gasteiger partial charge is 0.234 e. The van der Waals surface area contributed by atoms with Crippen LogP contribution in [0.1, 0.15) is 22.8 Å². The lowest BCUT2D eigenvalue weighted by molar-refractivity contribution is -0.113. The molecule has 0 fully saturated rings. The number of benzene rings is 2. The molecule has 0 aromatic heterocycles. The summed E-state index contributed by atoms with van der Waals surface area (Å²) in [7, 11) is 1.41. The number of halogens is 1. The third kappa shape index (κ3) is 4.83. The van der Waals surface area contributed by atoms with E-state index in [9.17, 15) is 14.0 Å². The minimum Gasteiger partial charge on any atom is -0.494 e. The van der Waals surface area contributed by atoms with Crippen LogP contribution in [-0.2, 0) is 10.5 Å². The second kappa shape index (κ2) is 8.49. The van der Waals surface area contributed by atoms with Gasteiger partial charge in [-0.2, -0.15) is 0 Å². The predicted octanol–water partition coefficient (Wildman–Crippen LogP) is 3.91. The van der Waals surface area contributed by atoms with E-state index in [0.717, 1.165) is 5.56 Å². The zero-order chi connectivity index (χ0) is 17.5. The van der Waals surface area contributed by atoms with E-state index in [-0.39, 0.29) is 23.2 Å². The monoisotopic (exact) mass is 347 g/mol. The van der Waals surface area contributed by atoms with E-state index in [1.54, 1.807) is 36.4 Å². The van der Waals surface area contributed by atoms with Gasteiger partial charge in [0, 0.05) is 11.3 Å². The van der Waals surface area contributed by atoms with Crippen LogP contribution in [0, 0.1) is 5.82 Å². The van der Waals surface area contributed by atoms with Gasteiger partial charge < -0.3 is 10.1 Å². The highest BCUT2D eigenvalue weighted by atomic mass is 32.2. The summed E-state index contributed by atoms with van der Waals surface area (Å²) in [5, 5.41) is 2.73. The van der Waals surface area contributed by atoms with Crippen LogP contribution < -0.4 is 10.1 Å². The molecule has 0 bridgehead atoms. The number of hydrogen-bond acceptors (Lipinski definition) is 4. The molecule has 0 unspecified atom stereocenters. The average Bonchev–Trinajstić information content (AvgIpc) is 2.55. The van der Waals surface area contributed by atoms with E-state index in [0.29, 0.717) is 17.0 Å². The molecular weight excluding hydrogens is 329 g/mol. The Kier molecular flexibility index (Phi) is 6.37. The minimum atomic E-state index is -0.421. The number of ether oxygens (including phenoxy) is 1. The van der Waals surface area contributed by atoms with Crippen LogP contribution in [0.5, 0.6) is 5.75 Å². The van der Waals surface area contributed by atoms with Crippen LogP contribution in [0.2, 0.25) is 0 Å². The first-order valence-corrected chi connectivity index (χ1v) is 8.46. The zero-order valence-electron chi connectivity index (χ0n) is 13.5. The van der Waals surface area contributed by atoms with Crippen molar-refractivity contribution in [2.24, 2.45) is 0 Å². The maximum Gasteiger partial charge on any atom is 0.234 e. The second-order valence-electron chi connectivity index (χ2n) is 5.11. The first-order valence-electron chi connectivity index (χ1n) is 7.31. The Hall–Kier alpha value is -2.34. The number of para-hydroxylation sites is 1. The highest BCUT2D eigenvalue weighted by molar-refractivity contribution is 7.99. The van der Waals surface area contributed by atoms with Crippen molar-refractivity contribution >= 4 is 29.1 Å². The summed E-state index contributed by atoms with van der Waals surface area (Å²) in [5.41, 5.74) is 1.76. The third-order valence-corrected chi connectivity index (χ3v) is 4.30. The summed E-state index contributed by atoms with van der Waals surface area (Å²) in [4.78, 5) is 23.5. The van der Waals surface area contributed by atoms with Crippen LogP contribution in [0.4, 0.5) is 10.1 Å². The Morgan fingerprint density at radius 2 is 1.96 bits per heavy atom. The van der Waals surface area contributed by atoms with Gasteiger partial charge in [0.2, 0.25) is 5.91 Å². The van der Waals surface area contributed by atoms with E-state index in [1.165, 1.54) is 31.9 Å². The van der Waals surface area contributed by atoms with Crippen LogP contribution in [0.3, 0.4) is 0 Å². The van der Waals surface area contributed by atoms with Gasteiger partial charge in [-0.1, -0.05) is 18.2 Å². The molecule has 0 aliphatic carbocycles. The highest BCUT2D eigenvalue weighted by Gasteiger charge is 2.10. The quantitative estimate of drug-likeness (QED) is 0.772. The Bertz CT molecular complexity index is 749. The lowest BCUT2D eigenvalue weighted by Crippen LogP contribution is -2.16. The molecule has 0 atom stereocenters. The molecule has 0 spiro atoms. The van der Waals surface area contributed by atoms with E-state index in [4.69, 9.17) is 4.74 Å². The Labute approximate surface area is 144 Å². The van der Waals surface area contributed by atoms with Crippen LogP contribution in [0.15, 0.2) is 42.5 Å². The zero-order valence-corrected chi connectivity index (χ0v) is 14.3. The molecule has 6 heteroatoms. The number of ketones is 1. The first kappa shape index (κ1) is 18.0. The fourth-order valence-corrected chi connectivity index (χ4v) is 2.92. The van der Waals surface area contributed by atoms with Crippen molar-refractivity contribution in [1.29, 1.82) is 0 Å². The molecule has 2 aromatic rings. The largest absolute Gasteiger partial charge is 0.494 e. The molecule has 0 radical (unpaired) electrons. The molecule has 0 saturated heterocycles. The van der Waals surface area contributed by atoms with Gasteiger partial charge >= 0.3 is 0 Å². The molecule has 1 N–H and O–H groups in total. The molecule has 126 valence electrons. The topological polar surface area (TPSA) is 55.4 Å². The molecule has 0 aliphatic rings. The highest BCUT2D eigenvalue weighted by Crippen LogP contribution is 2.21. The van der Waals surface area contributed by atoms with Gasteiger partial charge in [-0.15, -0.1) is 11.8 Å². The predicted molar refractivity (Wildman–Crippen MR) is 94.2 cm³/mol. The van der Waals surface area contributed by atoms with Gasteiger partial charge in [0.15, 0.2) is 17.3 Å². The first-order chi connectivity index (χ1) is 11.5. The van der Waals surface area contributed by atoms with Gasteiger partial charge in [-0.3, -0.25) is 9.59 Å². The molecule has 0 heterocycles. The number of carbonyl (C=O) groups excluding carboxylic acids is 2. The molecule has 24 heavy (non-hydrogen) atoms. The number of thioether (sulfide) groups is 1. The van der Waals surface area contributed by atoms with E-state index in [2.05, 4.69) is 5.32 Å². The lowest BCUT2D eigenvalue weighted by Gasteiger charge is -2.09. The number of rotatable bonds is 7. The molecule has 0 aliphatic heterocycles. The number of carbonyl (C=O) groups is 2. The number of Topliss-reactive ketones (excluding diaryl/α,β-unsaturated/α-hetero) is 1. The summed E-state index contributed by atoms with van der Waals surface area (Å²) < 4.78 is 18.5. The summed E-state index contributed by atoms with van der Waals surface area (Å²) in [6.07, 6.45) is 0. The van der Waals surface area contributed by atoms with Crippen molar-refractivity contribution in [3.05, 3.63) is 59.4 Å². The standard InChI is InChI=1S/C18H18FNO3S/c1-12(21)14-5-3-4-6-16(14)20-18(22)11-24-10-13-7-8-17(23-2)15(19)9-13/h3-9H,10-11H2,1-2H3,(H,20,22). The van der Waals surface area contributed by atoms with Crippen molar-refractivity contribution < 1.29 is 18.7 Å². The van der Waals surface area contributed by atoms with E-state index in [1.807, 2.05) is 0 Å². The van der Waals surface area contributed by atoms with Gasteiger partial charge in [-0.25, -0.2) is 4.39 Å². The van der Waals surface area contributed by atoms with Crippen LogP contribution >= 0.6 is 11.8 Å². The van der Waals surface area contributed by atoms with Crippen molar-refractivity contribution in [2.45, 2.75) is 12.7 Å². The Morgan fingerprint density at radius 1 is 1.21 bits per heavy atom.